The lowest BCUT2D eigenvalue weighted by molar-refractivity contribution is -0.0528. The number of aliphatic hydroxyl groups is 1. The molecule has 0 aliphatic carbocycles. The minimum atomic E-state index is -2.96. The quantitative estimate of drug-likeness (QED) is 0.515. The maximum atomic E-state index is 12.5. The van der Waals surface area contributed by atoms with E-state index in [-0.39, 0.29) is 12.0 Å². The highest BCUT2D eigenvalue weighted by Crippen LogP contribution is 2.42. The van der Waals surface area contributed by atoms with E-state index in [1.165, 1.54) is 17.5 Å². The van der Waals surface area contributed by atoms with E-state index in [1.807, 2.05) is 25.1 Å². The van der Waals surface area contributed by atoms with Crippen molar-refractivity contribution in [1.82, 2.24) is 15.0 Å². The van der Waals surface area contributed by atoms with Crippen molar-refractivity contribution in [3.05, 3.63) is 41.6 Å². The molecule has 6 nitrogen and oxygen atoms in total. The second kappa shape index (κ2) is 7.10. The summed E-state index contributed by atoms with van der Waals surface area (Å²) >= 11 is 1.52. The molecule has 2 unspecified atom stereocenters. The third-order valence-corrected chi connectivity index (χ3v) is 6.21. The Morgan fingerprint density at radius 1 is 1.23 bits per heavy atom. The van der Waals surface area contributed by atoms with Crippen molar-refractivity contribution in [2.75, 3.05) is 0 Å². The van der Waals surface area contributed by atoms with Gasteiger partial charge < -0.3 is 14.6 Å². The van der Waals surface area contributed by atoms with Crippen LogP contribution >= 0.6 is 11.3 Å². The number of benzene rings is 2. The van der Waals surface area contributed by atoms with Crippen LogP contribution in [-0.2, 0) is 6.42 Å². The first-order chi connectivity index (χ1) is 14.4. The molecule has 0 bridgehead atoms. The van der Waals surface area contributed by atoms with Crippen molar-refractivity contribution >= 4 is 32.6 Å². The summed E-state index contributed by atoms with van der Waals surface area (Å²) in [4.78, 5) is 13.3. The molecule has 154 valence electrons. The number of thiazole rings is 1. The fourth-order valence-electron chi connectivity index (χ4n) is 3.68. The van der Waals surface area contributed by atoms with E-state index in [9.17, 15) is 13.9 Å². The summed E-state index contributed by atoms with van der Waals surface area (Å²) in [5.74, 6) is 0.545. The van der Waals surface area contributed by atoms with Gasteiger partial charge in [0, 0.05) is 17.5 Å². The molecule has 0 saturated heterocycles. The Morgan fingerprint density at radius 3 is 2.83 bits per heavy atom. The third-order valence-electron chi connectivity index (χ3n) is 5.05. The monoisotopic (exact) mass is 429 g/mol. The Morgan fingerprint density at radius 2 is 2.07 bits per heavy atom. The molecule has 2 aromatic heterocycles. The predicted octanol–water partition coefficient (Wildman–Crippen LogP) is 4.50. The molecule has 2 aromatic carbocycles. The van der Waals surface area contributed by atoms with Gasteiger partial charge in [-0.25, -0.2) is 15.0 Å². The summed E-state index contributed by atoms with van der Waals surface area (Å²) < 4.78 is 36.3. The predicted molar refractivity (Wildman–Crippen MR) is 109 cm³/mol. The van der Waals surface area contributed by atoms with Gasteiger partial charge in [-0.15, -0.1) is 11.3 Å². The smallest absolute Gasteiger partial charge is 0.388 e. The van der Waals surface area contributed by atoms with Crippen LogP contribution in [0.4, 0.5) is 8.78 Å². The van der Waals surface area contributed by atoms with Gasteiger partial charge in [0.1, 0.15) is 16.9 Å². The van der Waals surface area contributed by atoms with Crippen molar-refractivity contribution in [2.45, 2.75) is 39.1 Å². The number of aryl methyl sites for hydroxylation is 1. The average Bonchev–Trinajstić information content (AvgIpc) is 3.30. The second-order valence-corrected chi connectivity index (χ2v) is 8.28. The van der Waals surface area contributed by atoms with Crippen molar-refractivity contribution in [3.8, 4) is 22.2 Å². The standard InChI is InChI=1S/C21H17F2N3O3S/c1-9-5-12(18-14(6-9)25-17(8-24-18)29-21(22)23)20-26-13-3-4-15-11(19(13)30-20)7-16(28-15)10(2)27/h3-6,8,10,16,21,27H,7H2,1-2H3. The van der Waals surface area contributed by atoms with E-state index in [2.05, 4.69) is 14.7 Å². The topological polar surface area (TPSA) is 77.4 Å². The number of aromatic nitrogens is 3. The van der Waals surface area contributed by atoms with E-state index >= 15 is 0 Å². The molecule has 0 amide bonds. The van der Waals surface area contributed by atoms with Crippen LogP contribution in [0.2, 0.25) is 0 Å². The lowest BCUT2D eigenvalue weighted by Gasteiger charge is -2.12. The lowest BCUT2D eigenvalue weighted by Crippen LogP contribution is -2.26. The maximum Gasteiger partial charge on any atom is 0.388 e. The van der Waals surface area contributed by atoms with E-state index < -0.39 is 12.7 Å². The minimum absolute atomic E-state index is 0.225. The number of halogens is 2. The molecule has 0 saturated carbocycles. The Kier molecular flexibility index (Phi) is 4.52. The molecule has 1 aliphatic heterocycles. The number of hydrogen-bond donors (Lipinski definition) is 1. The van der Waals surface area contributed by atoms with Crippen LogP contribution in [-0.4, -0.2) is 38.9 Å². The zero-order chi connectivity index (χ0) is 21.0. The van der Waals surface area contributed by atoms with Crippen LogP contribution in [0.1, 0.15) is 18.1 Å². The fraction of sp³-hybridized carbons (Fsp3) is 0.286. The number of fused-ring (bicyclic) bond motifs is 4. The van der Waals surface area contributed by atoms with Crippen molar-refractivity contribution < 1.29 is 23.4 Å². The van der Waals surface area contributed by atoms with Crippen molar-refractivity contribution in [2.24, 2.45) is 0 Å². The first-order valence-corrected chi connectivity index (χ1v) is 10.2. The van der Waals surface area contributed by atoms with Crippen LogP contribution in [0.3, 0.4) is 0 Å². The molecule has 0 spiro atoms. The van der Waals surface area contributed by atoms with Crippen LogP contribution in [0, 0.1) is 6.92 Å². The maximum absolute atomic E-state index is 12.5. The molecule has 3 heterocycles. The van der Waals surface area contributed by atoms with Crippen LogP contribution in [0.15, 0.2) is 30.5 Å². The van der Waals surface area contributed by atoms with E-state index in [0.717, 1.165) is 37.7 Å². The van der Waals surface area contributed by atoms with Gasteiger partial charge in [-0.2, -0.15) is 8.78 Å². The lowest BCUT2D eigenvalue weighted by atomic mass is 10.1. The highest BCUT2D eigenvalue weighted by Gasteiger charge is 2.29. The van der Waals surface area contributed by atoms with Gasteiger partial charge in [0.2, 0.25) is 5.88 Å². The van der Waals surface area contributed by atoms with Crippen LogP contribution in [0.25, 0.3) is 31.8 Å². The summed E-state index contributed by atoms with van der Waals surface area (Å²) in [5, 5.41) is 10.6. The van der Waals surface area contributed by atoms with E-state index in [1.54, 1.807) is 13.0 Å². The van der Waals surface area contributed by atoms with Gasteiger partial charge in [-0.3, -0.25) is 0 Å². The van der Waals surface area contributed by atoms with Crippen LogP contribution in [0.5, 0.6) is 11.6 Å². The normalized spacial score (nSPS) is 16.8. The van der Waals surface area contributed by atoms with Crippen molar-refractivity contribution in [1.29, 1.82) is 0 Å². The minimum Gasteiger partial charge on any atom is -0.487 e. The average molecular weight is 429 g/mol. The van der Waals surface area contributed by atoms with Gasteiger partial charge in [-0.05, 0) is 43.7 Å². The largest absolute Gasteiger partial charge is 0.487 e. The van der Waals surface area contributed by atoms with E-state index in [4.69, 9.17) is 9.72 Å². The Bertz CT molecular complexity index is 1280. The number of alkyl halides is 2. The molecule has 9 heteroatoms. The first kappa shape index (κ1) is 19.1. The number of hydrogen-bond acceptors (Lipinski definition) is 7. The summed E-state index contributed by atoms with van der Waals surface area (Å²) in [6.45, 7) is 0.660. The molecule has 0 fully saturated rings. The third kappa shape index (κ3) is 3.23. The fourth-order valence-corrected chi connectivity index (χ4v) is 4.81. The Hall–Kier alpha value is -2.91. The molecule has 2 atom stereocenters. The van der Waals surface area contributed by atoms with E-state index in [0.29, 0.717) is 17.5 Å². The summed E-state index contributed by atoms with van der Waals surface area (Å²) in [5.41, 5.74) is 4.59. The van der Waals surface area contributed by atoms with Gasteiger partial charge in [-0.1, -0.05) is 0 Å². The highest BCUT2D eigenvalue weighted by atomic mass is 32.1. The SMILES string of the molecule is Cc1cc(-c2nc3ccc4c(c3s2)CC(C(C)O)O4)c2ncc(OC(F)F)nc2c1. The van der Waals surface area contributed by atoms with Gasteiger partial charge in [0.05, 0.1) is 33.6 Å². The number of nitrogens with zero attached hydrogens (tertiary/aromatic N) is 3. The molecule has 5 rings (SSSR count). The molecule has 1 N–H and O–H groups in total. The van der Waals surface area contributed by atoms with Gasteiger partial charge in [0.25, 0.3) is 0 Å². The first-order valence-electron chi connectivity index (χ1n) is 9.39. The van der Waals surface area contributed by atoms with Crippen LogP contribution < -0.4 is 9.47 Å². The molecular formula is C21H17F2N3O3S. The Balaban J connectivity index is 1.63. The zero-order valence-electron chi connectivity index (χ0n) is 16.1. The molecule has 0 radical (unpaired) electrons. The van der Waals surface area contributed by atoms with Gasteiger partial charge >= 0.3 is 6.61 Å². The Labute approximate surface area is 174 Å². The second-order valence-electron chi connectivity index (χ2n) is 7.28. The molecular weight excluding hydrogens is 412 g/mol. The van der Waals surface area contributed by atoms with Crippen molar-refractivity contribution in [3.63, 3.8) is 0 Å². The molecule has 30 heavy (non-hydrogen) atoms. The number of aliphatic hydroxyl groups excluding tert-OH is 1. The molecule has 1 aliphatic rings. The zero-order valence-corrected chi connectivity index (χ0v) is 16.9. The molecule has 4 aromatic rings. The summed E-state index contributed by atoms with van der Waals surface area (Å²) in [6.07, 6.45) is 0.976. The number of rotatable bonds is 4. The highest BCUT2D eigenvalue weighted by molar-refractivity contribution is 7.22. The number of ether oxygens (including phenoxy) is 2. The summed E-state index contributed by atoms with van der Waals surface area (Å²) in [7, 11) is 0. The van der Waals surface area contributed by atoms with Gasteiger partial charge in [0.15, 0.2) is 0 Å². The summed E-state index contributed by atoms with van der Waals surface area (Å²) in [6, 6.07) is 7.51.